The Morgan fingerprint density at radius 3 is 2.15 bits per heavy atom. The number of hydrogen-bond acceptors (Lipinski definition) is 7. The number of nitrogens with zero attached hydrogens (tertiary/aromatic N) is 5. The summed E-state index contributed by atoms with van der Waals surface area (Å²) in [4.78, 5) is 29.2. The fourth-order valence-electron chi connectivity index (χ4n) is 8.66. The van der Waals surface area contributed by atoms with E-state index in [4.69, 9.17) is 0 Å². The monoisotopic (exact) mass is 858 g/mol. The molecule has 6 aromatic rings. The molecule has 2 N–H and O–H groups in total. The molecule has 9 nitrogen and oxygen atoms in total. The molecule has 9 heteroatoms. The number of hydrogen-bond donors (Lipinski definition) is 2. The number of carboxylic acid groups (broad SMARTS) is 1. The van der Waals surface area contributed by atoms with Crippen LogP contribution in [0, 0.1) is 18.3 Å². The molecule has 0 aromatic heterocycles. The minimum absolute atomic E-state index is 0.0283. The van der Waals surface area contributed by atoms with Crippen molar-refractivity contribution in [2.24, 2.45) is 10.2 Å². The molecule has 1 amide bonds. The van der Waals surface area contributed by atoms with Crippen molar-refractivity contribution in [2.45, 2.75) is 51.4 Å². The van der Waals surface area contributed by atoms with Gasteiger partial charge in [0.1, 0.15) is 0 Å². The van der Waals surface area contributed by atoms with E-state index in [9.17, 15) is 20.0 Å². The van der Waals surface area contributed by atoms with Crippen molar-refractivity contribution in [2.75, 3.05) is 35.8 Å². The zero-order valence-corrected chi connectivity index (χ0v) is 37.8. The fraction of sp³-hybridized carbons (Fsp3) is 0.196. The summed E-state index contributed by atoms with van der Waals surface area (Å²) in [6.07, 6.45) is 8.04. The maximum absolute atomic E-state index is 13.4. The number of carbonyl (C=O) groups excluding carboxylic acids is 1. The zero-order valence-electron chi connectivity index (χ0n) is 37.8. The average Bonchev–Trinajstić information content (AvgIpc) is 3.53. The lowest BCUT2D eigenvalue weighted by atomic mass is 9.70. The van der Waals surface area contributed by atoms with Gasteiger partial charge >= 0.3 is 5.97 Å². The first-order chi connectivity index (χ1) is 31.2. The number of carbonyl (C=O) groups is 2. The molecular weight excluding hydrogens is 805 g/mol. The second kappa shape index (κ2) is 19.3. The lowest BCUT2D eigenvalue weighted by Gasteiger charge is -2.33. The fourth-order valence-corrected chi connectivity index (χ4v) is 8.66. The number of aliphatic carboxylic acids is 1. The van der Waals surface area contributed by atoms with E-state index in [1.54, 1.807) is 18.2 Å². The van der Waals surface area contributed by atoms with Crippen molar-refractivity contribution in [3.8, 4) is 6.07 Å². The number of aryl methyl sites for hydroxylation is 1. The third kappa shape index (κ3) is 10.0. The molecule has 1 aliphatic heterocycles. The van der Waals surface area contributed by atoms with Crippen LogP contribution >= 0.6 is 0 Å². The van der Waals surface area contributed by atoms with Gasteiger partial charge in [-0.05, 0) is 137 Å². The molecule has 0 fully saturated rings. The largest absolute Gasteiger partial charge is 0.481 e. The topological polar surface area (TPSA) is 121 Å². The molecule has 7 rings (SSSR count). The summed E-state index contributed by atoms with van der Waals surface area (Å²) in [6, 6.07) is 45.7. The Balaban J connectivity index is 1.08. The van der Waals surface area contributed by atoms with Gasteiger partial charge in [0.25, 0.3) is 5.91 Å². The van der Waals surface area contributed by atoms with Gasteiger partial charge in [-0.3, -0.25) is 9.59 Å². The predicted molar refractivity (Wildman–Crippen MR) is 265 cm³/mol. The van der Waals surface area contributed by atoms with Crippen LogP contribution in [0.5, 0.6) is 0 Å². The van der Waals surface area contributed by atoms with Crippen LogP contribution in [0.4, 0.5) is 28.4 Å². The van der Waals surface area contributed by atoms with Gasteiger partial charge in [-0.25, -0.2) is 0 Å². The predicted octanol–water partition coefficient (Wildman–Crippen LogP) is 13.1. The molecule has 1 unspecified atom stereocenters. The summed E-state index contributed by atoms with van der Waals surface area (Å²) in [6.45, 7) is 13.4. The summed E-state index contributed by atoms with van der Waals surface area (Å²) in [5.41, 5.74) is 10.2. The molecule has 0 saturated carbocycles. The maximum atomic E-state index is 13.4. The molecule has 1 heterocycles. The number of benzene rings is 6. The summed E-state index contributed by atoms with van der Waals surface area (Å²) < 4.78 is 0. The zero-order chi connectivity index (χ0) is 46.3. The second-order valence-corrected chi connectivity index (χ2v) is 17.4. The van der Waals surface area contributed by atoms with E-state index in [1.165, 1.54) is 0 Å². The number of amides is 1. The third-order valence-electron chi connectivity index (χ3n) is 12.3. The van der Waals surface area contributed by atoms with E-state index in [0.29, 0.717) is 35.5 Å². The molecule has 326 valence electrons. The molecule has 0 bridgehead atoms. The number of allylic oxidation sites excluding steroid dienone is 7. The Hall–Kier alpha value is -7.83. The van der Waals surface area contributed by atoms with Gasteiger partial charge in [-0.1, -0.05) is 100 Å². The van der Waals surface area contributed by atoms with Crippen molar-refractivity contribution in [3.63, 3.8) is 0 Å². The van der Waals surface area contributed by atoms with Gasteiger partial charge in [0.15, 0.2) is 0 Å². The molecule has 6 aromatic carbocycles. The van der Waals surface area contributed by atoms with Crippen LogP contribution in [0.1, 0.15) is 59.8 Å². The molecule has 1 aliphatic rings. The smallest absolute Gasteiger partial charge is 0.305 e. The van der Waals surface area contributed by atoms with Crippen molar-refractivity contribution in [3.05, 3.63) is 209 Å². The molecule has 65 heavy (non-hydrogen) atoms. The van der Waals surface area contributed by atoms with E-state index in [2.05, 4.69) is 97.2 Å². The summed E-state index contributed by atoms with van der Waals surface area (Å²) in [5, 5.41) is 33.9. The van der Waals surface area contributed by atoms with E-state index in [-0.39, 0.29) is 12.3 Å². The van der Waals surface area contributed by atoms with Crippen LogP contribution in [0.15, 0.2) is 191 Å². The first-order valence-electron chi connectivity index (χ1n) is 21.6. The van der Waals surface area contributed by atoms with Crippen molar-refractivity contribution >= 4 is 51.1 Å². The van der Waals surface area contributed by atoms with Crippen LogP contribution in [-0.4, -0.2) is 37.6 Å². The molecule has 0 saturated heterocycles. The number of carboxylic acids is 1. The standard InChI is InChI=1S/C56H54N6O3/c1-38-12-8-11-15-49(38)56(5,36-40-18-21-43(22-19-40)54(65)58-44-24-26-45(27-25-44)59-60-46-28-30-47(31-29-46)61(6)7)39(2)16-17-41(37-57)20-33-51-55(3,4)53-48-14-10-9-13-42(48)23-32-50(53)62(51)35-34-52(63)64/h8-33H,2,34-36H2,1,3-7H3,(H,58,65)(H,63,64)/b17-16+,41-20-,51-33+,60-59?. The van der Waals surface area contributed by atoms with Crippen LogP contribution in [-0.2, 0) is 22.0 Å². The number of fused-ring (bicyclic) bond motifs is 3. The van der Waals surface area contributed by atoms with Gasteiger partial charge in [-0.15, -0.1) is 0 Å². The lowest BCUT2D eigenvalue weighted by molar-refractivity contribution is -0.136. The van der Waals surface area contributed by atoms with Crippen LogP contribution in [0.2, 0.25) is 0 Å². The quantitative estimate of drug-likeness (QED) is 0.0602. The lowest BCUT2D eigenvalue weighted by Crippen LogP contribution is -2.28. The van der Waals surface area contributed by atoms with Gasteiger partial charge in [0.05, 0.1) is 29.4 Å². The first kappa shape index (κ1) is 45.2. The molecule has 0 spiro atoms. The molecule has 0 radical (unpaired) electrons. The summed E-state index contributed by atoms with van der Waals surface area (Å²) >= 11 is 0. The Morgan fingerprint density at radius 1 is 0.862 bits per heavy atom. The Kier molecular flexibility index (Phi) is 13.4. The third-order valence-corrected chi connectivity index (χ3v) is 12.3. The summed E-state index contributed by atoms with van der Waals surface area (Å²) in [7, 11) is 3.98. The average molecular weight is 859 g/mol. The van der Waals surface area contributed by atoms with E-state index in [1.807, 2.05) is 122 Å². The summed E-state index contributed by atoms with van der Waals surface area (Å²) in [5.74, 6) is -1.10. The van der Waals surface area contributed by atoms with Crippen molar-refractivity contribution in [1.29, 1.82) is 5.26 Å². The van der Waals surface area contributed by atoms with Gasteiger partial charge < -0.3 is 20.2 Å². The highest BCUT2D eigenvalue weighted by Crippen LogP contribution is 2.51. The van der Waals surface area contributed by atoms with E-state index >= 15 is 0 Å². The van der Waals surface area contributed by atoms with Crippen LogP contribution in [0.25, 0.3) is 10.8 Å². The number of nitriles is 1. The minimum Gasteiger partial charge on any atom is -0.481 e. The van der Waals surface area contributed by atoms with E-state index < -0.39 is 16.8 Å². The minimum atomic E-state index is -0.870. The number of rotatable bonds is 15. The Labute approximate surface area is 382 Å². The maximum Gasteiger partial charge on any atom is 0.305 e. The van der Waals surface area contributed by atoms with E-state index in [0.717, 1.165) is 61.4 Å². The first-order valence-corrected chi connectivity index (χ1v) is 21.6. The van der Waals surface area contributed by atoms with Crippen molar-refractivity contribution < 1.29 is 14.7 Å². The van der Waals surface area contributed by atoms with Gasteiger partial charge in [0, 0.05) is 59.8 Å². The molecule has 1 atom stereocenters. The molecular formula is C56H54N6O3. The number of nitrogens with one attached hydrogen (secondary N) is 1. The SMILES string of the molecule is C=C(/C=C/C(C#N)=C/C=C1/N(CCC(=O)O)c2ccc3ccccc3c2C1(C)C)C(C)(Cc1ccc(C(=O)Nc2ccc(N=Nc3ccc(N(C)C)cc3)cc2)cc1)c1ccccc1C. The highest BCUT2D eigenvalue weighted by atomic mass is 16.4. The highest BCUT2D eigenvalue weighted by molar-refractivity contribution is 6.04. The van der Waals surface area contributed by atoms with Crippen molar-refractivity contribution in [1.82, 2.24) is 0 Å². The molecule has 0 aliphatic carbocycles. The number of azo groups is 1. The Bertz CT molecular complexity index is 2920. The normalized spacial score (nSPS) is 14.9. The van der Waals surface area contributed by atoms with Gasteiger partial charge in [0.2, 0.25) is 0 Å². The van der Waals surface area contributed by atoms with Gasteiger partial charge in [-0.2, -0.15) is 15.5 Å². The highest BCUT2D eigenvalue weighted by Gasteiger charge is 2.41. The van der Waals surface area contributed by atoms with Crippen LogP contribution < -0.4 is 15.1 Å². The Morgan fingerprint density at radius 2 is 1.51 bits per heavy atom. The second-order valence-electron chi connectivity index (χ2n) is 17.4. The van der Waals surface area contributed by atoms with Crippen LogP contribution in [0.3, 0.4) is 0 Å². The number of anilines is 3.